The molecule has 4 rings (SSSR count). The molecular weight excluding hydrogens is 494 g/mol. The van der Waals surface area contributed by atoms with Crippen LogP contribution in [-0.2, 0) is 9.53 Å². The highest BCUT2D eigenvalue weighted by Gasteiger charge is 2.36. The summed E-state index contributed by atoms with van der Waals surface area (Å²) in [6.07, 6.45) is 1.84. The van der Waals surface area contributed by atoms with Gasteiger partial charge in [0.1, 0.15) is 17.4 Å². The molecule has 0 spiro atoms. The van der Waals surface area contributed by atoms with Gasteiger partial charge in [-0.25, -0.2) is 9.80 Å². The number of nitro groups is 1. The van der Waals surface area contributed by atoms with Gasteiger partial charge in [0, 0.05) is 17.5 Å². The van der Waals surface area contributed by atoms with Crippen LogP contribution in [-0.4, -0.2) is 48.3 Å². The Morgan fingerprint density at radius 1 is 1.17 bits per heavy atom. The van der Waals surface area contributed by atoms with Crippen molar-refractivity contribution in [2.75, 3.05) is 20.8 Å². The molecule has 1 aliphatic heterocycles. The van der Waals surface area contributed by atoms with E-state index in [-0.39, 0.29) is 17.1 Å². The Bertz CT molecular complexity index is 1320. The molecule has 186 valence electrons. The monoisotopic (exact) mass is 513 g/mol. The number of benzene rings is 2. The summed E-state index contributed by atoms with van der Waals surface area (Å²) in [5.41, 5.74) is 0.440. The van der Waals surface area contributed by atoms with Gasteiger partial charge >= 0.3 is 5.97 Å². The van der Waals surface area contributed by atoms with E-state index in [4.69, 9.17) is 30.2 Å². The number of hydrogen-bond donors (Lipinski definition) is 0. The van der Waals surface area contributed by atoms with Gasteiger partial charge in [0.2, 0.25) is 0 Å². The lowest BCUT2D eigenvalue weighted by atomic mass is 10.0. The minimum atomic E-state index is -1.08. The molecule has 1 unspecified atom stereocenters. The predicted octanol–water partition coefficient (Wildman–Crippen LogP) is 4.39. The Kier molecular flexibility index (Phi) is 7.20. The molecule has 1 amide bonds. The number of ether oxygens (including phenoxy) is 3. The summed E-state index contributed by atoms with van der Waals surface area (Å²) >= 11 is 5.97. The van der Waals surface area contributed by atoms with Gasteiger partial charge in [-0.2, -0.15) is 5.10 Å². The Labute approximate surface area is 209 Å². The molecule has 2 heterocycles. The molecule has 0 radical (unpaired) electrons. The Morgan fingerprint density at radius 3 is 2.47 bits per heavy atom. The number of hydrogen-bond acceptors (Lipinski definition) is 9. The number of esters is 1. The van der Waals surface area contributed by atoms with E-state index in [0.717, 1.165) is 17.7 Å². The van der Waals surface area contributed by atoms with E-state index >= 15 is 0 Å². The molecule has 0 bridgehead atoms. The van der Waals surface area contributed by atoms with Crippen molar-refractivity contribution in [1.82, 2.24) is 5.01 Å². The summed E-state index contributed by atoms with van der Waals surface area (Å²) in [6, 6.07) is 12.0. The van der Waals surface area contributed by atoms with Crippen LogP contribution in [0.3, 0.4) is 0 Å². The van der Waals surface area contributed by atoms with Gasteiger partial charge in [-0.15, -0.1) is 0 Å². The van der Waals surface area contributed by atoms with E-state index in [1.807, 2.05) is 0 Å². The van der Waals surface area contributed by atoms with Gasteiger partial charge in [0.15, 0.2) is 18.1 Å². The standard InChI is InChI=1S/C24H20ClN3O8/c1-33-21-10-16(18(28(31)32)12-22(21)34-2)24(30)36-13-23(29)27-19(20-4-3-9-35-20)11-17(26-27)14-5-7-15(25)8-6-14/h3-10,12,19H,11,13H2,1-2H3. The minimum Gasteiger partial charge on any atom is -0.493 e. The van der Waals surface area contributed by atoms with Gasteiger partial charge in [-0.1, -0.05) is 23.7 Å². The van der Waals surface area contributed by atoms with Crippen LogP contribution >= 0.6 is 11.6 Å². The fraction of sp³-hybridized carbons (Fsp3) is 0.208. The van der Waals surface area contributed by atoms with Crippen molar-refractivity contribution >= 4 is 34.9 Å². The van der Waals surface area contributed by atoms with Gasteiger partial charge in [0.25, 0.3) is 11.6 Å². The lowest BCUT2D eigenvalue weighted by Crippen LogP contribution is -2.31. The van der Waals surface area contributed by atoms with E-state index in [1.165, 1.54) is 25.5 Å². The molecule has 0 aliphatic carbocycles. The zero-order valence-electron chi connectivity index (χ0n) is 19.2. The maximum atomic E-state index is 13.1. The number of rotatable bonds is 8. The average molecular weight is 514 g/mol. The maximum Gasteiger partial charge on any atom is 0.345 e. The van der Waals surface area contributed by atoms with Crippen LogP contribution in [0, 0.1) is 10.1 Å². The first-order valence-electron chi connectivity index (χ1n) is 10.6. The lowest BCUT2D eigenvalue weighted by Gasteiger charge is -2.19. The maximum absolute atomic E-state index is 13.1. The van der Waals surface area contributed by atoms with E-state index in [2.05, 4.69) is 5.10 Å². The molecular formula is C24H20ClN3O8. The van der Waals surface area contributed by atoms with Crippen molar-refractivity contribution in [2.45, 2.75) is 12.5 Å². The first-order chi connectivity index (χ1) is 17.3. The molecule has 2 aromatic carbocycles. The topological polar surface area (TPSA) is 134 Å². The zero-order valence-corrected chi connectivity index (χ0v) is 19.9. The van der Waals surface area contributed by atoms with E-state index in [9.17, 15) is 19.7 Å². The van der Waals surface area contributed by atoms with Gasteiger partial charge in [0.05, 0.1) is 37.2 Å². The average Bonchev–Trinajstić information content (AvgIpc) is 3.57. The molecule has 0 N–H and O–H groups in total. The quantitative estimate of drug-likeness (QED) is 0.246. The summed E-state index contributed by atoms with van der Waals surface area (Å²) in [5, 5.41) is 17.7. The van der Waals surface area contributed by atoms with Gasteiger partial charge in [-0.05, 0) is 29.8 Å². The highest BCUT2D eigenvalue weighted by Crippen LogP contribution is 2.36. The number of halogens is 1. The van der Waals surface area contributed by atoms with Crippen LogP contribution in [0.2, 0.25) is 5.02 Å². The fourth-order valence-electron chi connectivity index (χ4n) is 3.71. The lowest BCUT2D eigenvalue weighted by molar-refractivity contribution is -0.385. The molecule has 0 saturated carbocycles. The first kappa shape index (κ1) is 24.7. The molecule has 1 atom stereocenters. The van der Waals surface area contributed by atoms with Crippen molar-refractivity contribution in [3.8, 4) is 11.5 Å². The number of methoxy groups -OCH3 is 2. The molecule has 1 aliphatic rings. The summed E-state index contributed by atoms with van der Waals surface area (Å²) in [6.45, 7) is -0.709. The molecule has 1 aromatic heterocycles. The van der Waals surface area contributed by atoms with Crippen LogP contribution in [0.25, 0.3) is 0 Å². The number of carbonyl (C=O) groups excluding carboxylic acids is 2. The number of nitro benzene ring substituents is 1. The van der Waals surface area contributed by atoms with E-state index in [0.29, 0.717) is 22.9 Å². The SMILES string of the molecule is COc1cc(C(=O)OCC(=O)N2N=C(c3ccc(Cl)cc3)CC2c2ccco2)c([N+](=O)[O-])cc1OC. The predicted molar refractivity (Wildman–Crippen MR) is 127 cm³/mol. The van der Waals surface area contributed by atoms with E-state index in [1.54, 1.807) is 36.4 Å². The van der Waals surface area contributed by atoms with E-state index < -0.39 is 35.1 Å². The van der Waals surface area contributed by atoms with Crippen molar-refractivity contribution < 1.29 is 33.1 Å². The second kappa shape index (κ2) is 10.5. The molecule has 11 nitrogen and oxygen atoms in total. The zero-order chi connectivity index (χ0) is 25.8. The van der Waals surface area contributed by atoms with Crippen LogP contribution in [0.1, 0.15) is 34.1 Å². The Hall–Kier alpha value is -4.38. The third-order valence-electron chi connectivity index (χ3n) is 5.46. The van der Waals surface area contributed by atoms with Crippen LogP contribution in [0.5, 0.6) is 11.5 Å². The number of furan rings is 1. The molecule has 0 fully saturated rings. The van der Waals surface area contributed by atoms with Crippen molar-refractivity contribution in [1.29, 1.82) is 0 Å². The number of nitrogens with zero attached hydrogens (tertiary/aromatic N) is 3. The third kappa shape index (κ3) is 5.01. The second-order valence-electron chi connectivity index (χ2n) is 7.58. The van der Waals surface area contributed by atoms with Crippen molar-refractivity contribution in [3.05, 3.63) is 86.8 Å². The summed E-state index contributed by atoms with van der Waals surface area (Å²) in [4.78, 5) is 36.5. The highest BCUT2D eigenvalue weighted by atomic mass is 35.5. The summed E-state index contributed by atoms with van der Waals surface area (Å²) in [7, 11) is 2.63. The van der Waals surface area contributed by atoms with Crippen LogP contribution in [0.4, 0.5) is 5.69 Å². The fourth-order valence-corrected chi connectivity index (χ4v) is 3.84. The largest absolute Gasteiger partial charge is 0.493 e. The van der Waals surface area contributed by atoms with Gasteiger partial charge in [-0.3, -0.25) is 14.9 Å². The Morgan fingerprint density at radius 2 is 1.86 bits per heavy atom. The Balaban J connectivity index is 1.56. The second-order valence-corrected chi connectivity index (χ2v) is 8.02. The number of carbonyl (C=O) groups is 2. The number of hydrazone groups is 1. The summed E-state index contributed by atoms with van der Waals surface area (Å²) < 4.78 is 20.8. The molecule has 3 aromatic rings. The van der Waals surface area contributed by atoms with Crippen LogP contribution in [0.15, 0.2) is 64.3 Å². The van der Waals surface area contributed by atoms with Crippen molar-refractivity contribution in [2.24, 2.45) is 5.10 Å². The van der Waals surface area contributed by atoms with Crippen LogP contribution < -0.4 is 9.47 Å². The molecule has 36 heavy (non-hydrogen) atoms. The van der Waals surface area contributed by atoms with Crippen molar-refractivity contribution in [3.63, 3.8) is 0 Å². The first-order valence-corrected chi connectivity index (χ1v) is 11.0. The normalized spacial score (nSPS) is 14.8. The smallest absolute Gasteiger partial charge is 0.345 e. The summed E-state index contributed by atoms with van der Waals surface area (Å²) in [5.74, 6) is -1.06. The number of amides is 1. The highest BCUT2D eigenvalue weighted by molar-refractivity contribution is 6.30. The minimum absolute atomic E-state index is 0.0687. The molecule has 12 heteroatoms. The third-order valence-corrected chi connectivity index (χ3v) is 5.71. The molecule has 0 saturated heterocycles. The van der Waals surface area contributed by atoms with Gasteiger partial charge < -0.3 is 18.6 Å².